The maximum atomic E-state index is 10.4. The summed E-state index contributed by atoms with van der Waals surface area (Å²) in [5.74, 6) is 0.654. The van der Waals surface area contributed by atoms with Gasteiger partial charge < -0.3 is 5.11 Å². The monoisotopic (exact) mass is 243 g/mol. The number of aromatic hydroxyl groups is 1. The summed E-state index contributed by atoms with van der Waals surface area (Å²) in [6, 6.07) is 6.13. The first kappa shape index (κ1) is 12.9. The van der Waals surface area contributed by atoms with Crippen molar-refractivity contribution in [1.82, 2.24) is 4.98 Å². The van der Waals surface area contributed by atoms with Gasteiger partial charge in [-0.2, -0.15) is 0 Å². The van der Waals surface area contributed by atoms with Crippen molar-refractivity contribution < 1.29 is 5.11 Å². The van der Waals surface area contributed by atoms with Gasteiger partial charge in [-0.25, -0.2) is 0 Å². The number of benzene rings is 1. The first-order chi connectivity index (χ1) is 8.30. The van der Waals surface area contributed by atoms with Gasteiger partial charge >= 0.3 is 0 Å². The molecule has 2 heteroatoms. The van der Waals surface area contributed by atoms with Gasteiger partial charge in [0.25, 0.3) is 0 Å². The molecule has 0 unspecified atom stereocenters. The van der Waals surface area contributed by atoms with Crippen molar-refractivity contribution in [2.45, 2.75) is 46.0 Å². The minimum Gasteiger partial charge on any atom is -0.507 e. The number of rotatable bonds is 1. The summed E-state index contributed by atoms with van der Waals surface area (Å²) in [4.78, 5) is 4.43. The lowest BCUT2D eigenvalue weighted by Crippen LogP contribution is -2.10. The first-order valence-electron chi connectivity index (χ1n) is 6.43. The molecule has 0 amide bonds. The van der Waals surface area contributed by atoms with E-state index < -0.39 is 0 Å². The third kappa shape index (κ3) is 2.20. The lowest BCUT2D eigenvalue weighted by Gasteiger charge is -2.20. The van der Waals surface area contributed by atoms with E-state index in [0.29, 0.717) is 5.75 Å². The number of hydrogen-bond donors (Lipinski definition) is 1. The molecular weight excluding hydrogens is 222 g/mol. The zero-order valence-electron chi connectivity index (χ0n) is 11.8. The molecule has 2 nitrogen and oxygen atoms in total. The Kier molecular flexibility index (Phi) is 3.05. The van der Waals surface area contributed by atoms with Crippen LogP contribution in [0.25, 0.3) is 10.9 Å². The Morgan fingerprint density at radius 2 is 1.83 bits per heavy atom. The molecule has 1 heterocycles. The van der Waals surface area contributed by atoms with Crippen LogP contribution in [0.15, 0.2) is 24.4 Å². The average Bonchev–Trinajstić information content (AvgIpc) is 2.27. The van der Waals surface area contributed by atoms with Gasteiger partial charge in [-0.1, -0.05) is 40.7 Å². The first-order valence-corrected chi connectivity index (χ1v) is 6.43. The highest BCUT2D eigenvalue weighted by atomic mass is 16.3. The van der Waals surface area contributed by atoms with E-state index in [1.807, 2.05) is 6.07 Å². The molecule has 0 aliphatic carbocycles. The largest absolute Gasteiger partial charge is 0.507 e. The molecule has 1 aromatic carbocycles. The summed E-state index contributed by atoms with van der Waals surface area (Å²) in [5.41, 5.74) is 3.06. The Balaban J connectivity index is 2.71. The van der Waals surface area contributed by atoms with Gasteiger partial charge in [0.15, 0.2) is 0 Å². The molecule has 0 radical (unpaired) electrons. The van der Waals surface area contributed by atoms with E-state index in [4.69, 9.17) is 0 Å². The van der Waals surface area contributed by atoms with Gasteiger partial charge in [-0.3, -0.25) is 4.98 Å². The van der Waals surface area contributed by atoms with Gasteiger partial charge in [-0.05, 0) is 29.0 Å². The molecule has 0 aliphatic heterocycles. The highest BCUT2D eigenvalue weighted by molar-refractivity contribution is 5.86. The van der Waals surface area contributed by atoms with Crippen LogP contribution < -0.4 is 0 Å². The zero-order chi connectivity index (χ0) is 13.5. The molecule has 0 spiro atoms. The van der Waals surface area contributed by atoms with Crippen molar-refractivity contribution in [2.75, 3.05) is 0 Å². The summed E-state index contributed by atoms with van der Waals surface area (Å²) in [7, 11) is 0. The van der Waals surface area contributed by atoms with Crippen LogP contribution in [0.2, 0.25) is 0 Å². The fourth-order valence-corrected chi connectivity index (χ4v) is 2.08. The molecule has 0 bridgehead atoms. The predicted octanol–water partition coefficient (Wildman–Crippen LogP) is 4.36. The van der Waals surface area contributed by atoms with E-state index in [1.165, 1.54) is 5.56 Å². The third-order valence-corrected chi connectivity index (χ3v) is 3.36. The van der Waals surface area contributed by atoms with E-state index in [-0.39, 0.29) is 11.3 Å². The van der Waals surface area contributed by atoms with Crippen molar-refractivity contribution in [2.24, 2.45) is 0 Å². The Labute approximate surface area is 109 Å². The minimum atomic E-state index is 0.0778. The molecule has 0 saturated carbocycles. The highest BCUT2D eigenvalue weighted by Crippen LogP contribution is 2.34. The molecular formula is C16H21NO. The second kappa shape index (κ2) is 4.27. The van der Waals surface area contributed by atoms with Gasteiger partial charge in [0.1, 0.15) is 5.75 Å². The third-order valence-electron chi connectivity index (χ3n) is 3.36. The summed E-state index contributed by atoms with van der Waals surface area (Å²) in [5, 5.41) is 11.2. The van der Waals surface area contributed by atoms with Crippen molar-refractivity contribution in [1.29, 1.82) is 0 Å². The van der Waals surface area contributed by atoms with E-state index in [0.717, 1.165) is 16.5 Å². The van der Waals surface area contributed by atoms with Crippen LogP contribution in [-0.2, 0) is 5.41 Å². The number of pyridine rings is 1. The number of fused-ring (bicyclic) bond motifs is 1. The number of nitrogens with zero attached hydrogens (tertiary/aromatic N) is 1. The summed E-state index contributed by atoms with van der Waals surface area (Å²) in [6.07, 6.45) is 1.78. The molecule has 96 valence electrons. The van der Waals surface area contributed by atoms with Crippen LogP contribution >= 0.6 is 0 Å². The maximum Gasteiger partial charge on any atom is 0.129 e. The summed E-state index contributed by atoms with van der Waals surface area (Å²) in [6.45, 7) is 10.6. The smallest absolute Gasteiger partial charge is 0.129 e. The van der Waals surface area contributed by atoms with E-state index in [2.05, 4.69) is 51.7 Å². The van der Waals surface area contributed by atoms with Crippen LogP contribution in [0.4, 0.5) is 0 Å². The van der Waals surface area contributed by atoms with Crippen LogP contribution in [0.1, 0.15) is 51.7 Å². The van der Waals surface area contributed by atoms with Crippen LogP contribution in [0.3, 0.4) is 0 Å². The Bertz CT molecular complexity index is 579. The highest BCUT2D eigenvalue weighted by Gasteiger charge is 2.16. The molecule has 2 rings (SSSR count). The second-order valence-electron chi connectivity index (χ2n) is 6.20. The van der Waals surface area contributed by atoms with E-state index in [9.17, 15) is 5.11 Å². The Morgan fingerprint density at radius 3 is 2.39 bits per heavy atom. The molecule has 0 fully saturated rings. The molecule has 0 saturated heterocycles. The molecule has 1 aromatic heterocycles. The SMILES string of the molecule is CC(C)c1cnc2ccc(C(C)(C)C)cc2c1O. The molecule has 1 N–H and O–H groups in total. The Morgan fingerprint density at radius 1 is 1.17 bits per heavy atom. The molecule has 0 atom stereocenters. The fourth-order valence-electron chi connectivity index (χ4n) is 2.08. The quantitative estimate of drug-likeness (QED) is 0.807. The lowest BCUT2D eigenvalue weighted by molar-refractivity contribution is 0.470. The topological polar surface area (TPSA) is 33.1 Å². The van der Waals surface area contributed by atoms with E-state index >= 15 is 0 Å². The average molecular weight is 243 g/mol. The van der Waals surface area contributed by atoms with Gasteiger partial charge in [-0.15, -0.1) is 0 Å². The Hall–Kier alpha value is -1.57. The fraction of sp³-hybridized carbons (Fsp3) is 0.438. The molecule has 18 heavy (non-hydrogen) atoms. The molecule has 0 aliphatic rings. The van der Waals surface area contributed by atoms with Gasteiger partial charge in [0, 0.05) is 17.1 Å². The van der Waals surface area contributed by atoms with Crippen molar-refractivity contribution in [3.8, 4) is 5.75 Å². The second-order valence-corrected chi connectivity index (χ2v) is 6.20. The lowest BCUT2D eigenvalue weighted by atomic mass is 9.86. The van der Waals surface area contributed by atoms with Crippen LogP contribution in [0, 0.1) is 0 Å². The predicted molar refractivity (Wildman–Crippen MR) is 76.2 cm³/mol. The maximum absolute atomic E-state index is 10.4. The van der Waals surface area contributed by atoms with Crippen molar-refractivity contribution in [3.63, 3.8) is 0 Å². The zero-order valence-corrected chi connectivity index (χ0v) is 11.8. The van der Waals surface area contributed by atoms with Crippen LogP contribution in [0.5, 0.6) is 5.75 Å². The van der Waals surface area contributed by atoms with Crippen LogP contribution in [-0.4, -0.2) is 10.1 Å². The van der Waals surface area contributed by atoms with Crippen molar-refractivity contribution in [3.05, 3.63) is 35.5 Å². The minimum absolute atomic E-state index is 0.0778. The van der Waals surface area contributed by atoms with Crippen molar-refractivity contribution >= 4 is 10.9 Å². The van der Waals surface area contributed by atoms with Gasteiger partial charge in [0.2, 0.25) is 0 Å². The molecule has 2 aromatic rings. The number of hydrogen-bond acceptors (Lipinski definition) is 2. The normalized spacial score (nSPS) is 12.3. The standard InChI is InChI=1S/C16H21NO/c1-10(2)13-9-17-14-7-6-11(16(3,4)5)8-12(14)15(13)18/h6-10H,1-5H3,(H,17,18). The number of aromatic nitrogens is 1. The van der Waals surface area contributed by atoms with E-state index in [1.54, 1.807) is 6.20 Å². The summed E-state index contributed by atoms with van der Waals surface area (Å²) < 4.78 is 0. The summed E-state index contributed by atoms with van der Waals surface area (Å²) >= 11 is 0. The van der Waals surface area contributed by atoms with Gasteiger partial charge in [0.05, 0.1) is 5.52 Å².